The largest absolute Gasteiger partial charge is 0.367 e. The molecule has 6 heteroatoms. The number of hydrogen-bond acceptors (Lipinski definition) is 5. The van der Waals surface area contributed by atoms with Crippen LogP contribution in [0.25, 0.3) is 10.9 Å². The van der Waals surface area contributed by atoms with E-state index in [-0.39, 0.29) is 5.82 Å². The van der Waals surface area contributed by atoms with E-state index in [0.29, 0.717) is 27.8 Å². The number of nitrogens with zero attached hydrogens (tertiary/aromatic N) is 4. The van der Waals surface area contributed by atoms with Crippen LogP contribution in [0.4, 0.5) is 21.5 Å². The van der Waals surface area contributed by atoms with E-state index < -0.39 is 0 Å². The van der Waals surface area contributed by atoms with Crippen molar-refractivity contribution in [3.8, 4) is 6.07 Å². The molecule has 2 heterocycles. The summed E-state index contributed by atoms with van der Waals surface area (Å²) in [6, 6.07) is 15.0. The van der Waals surface area contributed by atoms with Gasteiger partial charge in [-0.05, 0) is 31.3 Å². The van der Waals surface area contributed by atoms with Crippen LogP contribution in [0.5, 0.6) is 0 Å². The van der Waals surface area contributed by atoms with Crippen LogP contribution in [0.1, 0.15) is 5.56 Å². The van der Waals surface area contributed by atoms with Crippen molar-refractivity contribution in [1.29, 1.82) is 5.26 Å². The molecule has 1 fully saturated rings. The van der Waals surface area contributed by atoms with Gasteiger partial charge in [0.2, 0.25) is 0 Å². The standard InChI is InChI=1S/C21H20FN5/c1-26-7-9-27(10-8-26)20-12-19-17(11-18(20)22)21(15(13-23)14-24-19)25-16-5-3-2-4-6-16/h2-6,11-12,14H,7-10H2,1H3,(H,24,25). The zero-order chi connectivity index (χ0) is 18.8. The number of para-hydroxylation sites is 1. The highest BCUT2D eigenvalue weighted by Crippen LogP contribution is 2.33. The minimum Gasteiger partial charge on any atom is -0.367 e. The summed E-state index contributed by atoms with van der Waals surface area (Å²) < 4.78 is 15.0. The summed E-state index contributed by atoms with van der Waals surface area (Å²) >= 11 is 0. The van der Waals surface area contributed by atoms with Crippen LogP contribution in [0.2, 0.25) is 0 Å². The van der Waals surface area contributed by atoms with E-state index in [9.17, 15) is 9.65 Å². The molecule has 0 bridgehead atoms. The third kappa shape index (κ3) is 3.42. The molecule has 1 N–H and O–H groups in total. The molecule has 0 saturated carbocycles. The number of aromatic nitrogens is 1. The van der Waals surface area contributed by atoms with Gasteiger partial charge in [-0.3, -0.25) is 4.98 Å². The molecule has 0 spiro atoms. The zero-order valence-corrected chi connectivity index (χ0v) is 15.1. The number of likely N-dealkylation sites (N-methyl/N-ethyl adjacent to an activating group) is 1. The molecule has 27 heavy (non-hydrogen) atoms. The lowest BCUT2D eigenvalue weighted by atomic mass is 10.1. The van der Waals surface area contributed by atoms with Crippen LogP contribution < -0.4 is 10.2 Å². The molecule has 1 aliphatic heterocycles. The fraction of sp³-hybridized carbons (Fsp3) is 0.238. The van der Waals surface area contributed by atoms with Gasteiger partial charge in [-0.2, -0.15) is 5.26 Å². The maximum Gasteiger partial charge on any atom is 0.147 e. The van der Waals surface area contributed by atoms with E-state index >= 15 is 0 Å². The van der Waals surface area contributed by atoms with Gasteiger partial charge in [0.05, 0.1) is 22.5 Å². The number of piperazine rings is 1. The second kappa shape index (κ2) is 7.22. The molecule has 4 rings (SSSR count). The van der Waals surface area contributed by atoms with E-state index in [2.05, 4.69) is 33.2 Å². The monoisotopic (exact) mass is 361 g/mol. The van der Waals surface area contributed by atoms with E-state index in [1.54, 1.807) is 12.3 Å². The molecule has 5 nitrogen and oxygen atoms in total. The number of anilines is 3. The van der Waals surface area contributed by atoms with Crippen molar-refractivity contribution in [3.05, 3.63) is 60.0 Å². The highest BCUT2D eigenvalue weighted by Gasteiger charge is 2.20. The lowest BCUT2D eigenvalue weighted by molar-refractivity contribution is 0.312. The van der Waals surface area contributed by atoms with Crippen molar-refractivity contribution < 1.29 is 4.39 Å². The summed E-state index contributed by atoms with van der Waals surface area (Å²) in [4.78, 5) is 8.69. The Hall–Kier alpha value is -3.17. The molecule has 0 radical (unpaired) electrons. The minimum atomic E-state index is -0.292. The van der Waals surface area contributed by atoms with Crippen LogP contribution in [0, 0.1) is 17.1 Å². The summed E-state index contributed by atoms with van der Waals surface area (Å²) in [5.74, 6) is -0.292. The Kier molecular flexibility index (Phi) is 4.61. The Morgan fingerprint density at radius 1 is 1.11 bits per heavy atom. The van der Waals surface area contributed by atoms with Gasteiger partial charge in [0.25, 0.3) is 0 Å². The first-order chi connectivity index (χ1) is 13.2. The Balaban J connectivity index is 1.78. The molecular weight excluding hydrogens is 341 g/mol. The van der Waals surface area contributed by atoms with Gasteiger partial charge in [-0.1, -0.05) is 18.2 Å². The first-order valence-electron chi connectivity index (χ1n) is 8.93. The molecule has 136 valence electrons. The number of hydrogen-bond donors (Lipinski definition) is 1. The van der Waals surface area contributed by atoms with Gasteiger partial charge in [-0.15, -0.1) is 0 Å². The molecule has 0 amide bonds. The van der Waals surface area contributed by atoms with Crippen LogP contribution in [-0.2, 0) is 0 Å². The number of rotatable bonds is 3. The average molecular weight is 361 g/mol. The van der Waals surface area contributed by atoms with Gasteiger partial charge in [0.1, 0.15) is 11.9 Å². The van der Waals surface area contributed by atoms with Gasteiger partial charge in [0.15, 0.2) is 0 Å². The normalized spacial score (nSPS) is 14.9. The third-order valence-corrected chi connectivity index (χ3v) is 4.94. The lowest BCUT2D eigenvalue weighted by Crippen LogP contribution is -2.44. The Morgan fingerprint density at radius 3 is 2.56 bits per heavy atom. The van der Waals surface area contributed by atoms with E-state index in [1.165, 1.54) is 6.07 Å². The van der Waals surface area contributed by atoms with E-state index in [4.69, 9.17) is 0 Å². The van der Waals surface area contributed by atoms with Gasteiger partial charge in [0, 0.05) is 43.4 Å². The zero-order valence-electron chi connectivity index (χ0n) is 15.1. The molecule has 0 aliphatic carbocycles. The molecule has 3 aromatic rings. The average Bonchev–Trinajstić information content (AvgIpc) is 2.69. The number of halogens is 1. The number of pyridine rings is 1. The fourth-order valence-corrected chi connectivity index (χ4v) is 3.38. The minimum absolute atomic E-state index is 0.292. The Bertz CT molecular complexity index is 1000. The summed E-state index contributed by atoms with van der Waals surface area (Å²) in [5, 5.41) is 13.3. The van der Waals surface area contributed by atoms with Crippen LogP contribution >= 0.6 is 0 Å². The molecule has 0 atom stereocenters. The maximum atomic E-state index is 15.0. The molecule has 1 saturated heterocycles. The second-order valence-corrected chi connectivity index (χ2v) is 6.76. The van der Waals surface area contributed by atoms with Crippen molar-refractivity contribution >= 4 is 28.0 Å². The predicted octanol–water partition coefficient (Wildman–Crippen LogP) is 3.74. The molecule has 2 aromatic carbocycles. The van der Waals surface area contributed by atoms with Crippen molar-refractivity contribution in [1.82, 2.24) is 9.88 Å². The SMILES string of the molecule is CN1CCN(c2cc3ncc(C#N)c(Nc4ccccc4)c3cc2F)CC1. The summed E-state index contributed by atoms with van der Waals surface area (Å²) in [6.45, 7) is 3.37. The number of benzene rings is 2. The molecule has 1 aromatic heterocycles. The maximum absolute atomic E-state index is 15.0. The summed E-state index contributed by atoms with van der Waals surface area (Å²) in [6.07, 6.45) is 1.54. The quantitative estimate of drug-likeness (QED) is 0.770. The van der Waals surface area contributed by atoms with Gasteiger partial charge < -0.3 is 15.1 Å². The second-order valence-electron chi connectivity index (χ2n) is 6.76. The highest BCUT2D eigenvalue weighted by molar-refractivity contribution is 5.97. The lowest BCUT2D eigenvalue weighted by Gasteiger charge is -2.34. The van der Waals surface area contributed by atoms with Gasteiger partial charge in [-0.25, -0.2) is 4.39 Å². The van der Waals surface area contributed by atoms with Crippen molar-refractivity contribution in [2.75, 3.05) is 43.4 Å². The van der Waals surface area contributed by atoms with Gasteiger partial charge >= 0.3 is 0 Å². The van der Waals surface area contributed by atoms with Crippen molar-refractivity contribution in [2.45, 2.75) is 0 Å². The van der Waals surface area contributed by atoms with E-state index in [0.717, 1.165) is 31.9 Å². The molecular formula is C21H20FN5. The van der Waals surface area contributed by atoms with Crippen LogP contribution in [0.3, 0.4) is 0 Å². The number of nitrogens with one attached hydrogen (secondary N) is 1. The molecule has 1 aliphatic rings. The fourth-order valence-electron chi connectivity index (χ4n) is 3.38. The number of fused-ring (bicyclic) bond motifs is 1. The Morgan fingerprint density at radius 2 is 1.85 bits per heavy atom. The van der Waals surface area contributed by atoms with Crippen molar-refractivity contribution in [3.63, 3.8) is 0 Å². The first-order valence-corrected chi connectivity index (χ1v) is 8.93. The van der Waals surface area contributed by atoms with E-state index in [1.807, 2.05) is 30.3 Å². The van der Waals surface area contributed by atoms with Crippen LogP contribution in [-0.4, -0.2) is 43.1 Å². The topological polar surface area (TPSA) is 55.2 Å². The number of nitriles is 1. The molecule has 0 unspecified atom stereocenters. The predicted molar refractivity (Wildman–Crippen MR) is 106 cm³/mol. The van der Waals surface area contributed by atoms with Crippen molar-refractivity contribution in [2.24, 2.45) is 0 Å². The summed E-state index contributed by atoms with van der Waals surface area (Å²) in [7, 11) is 2.07. The highest BCUT2D eigenvalue weighted by atomic mass is 19.1. The smallest absolute Gasteiger partial charge is 0.147 e. The summed E-state index contributed by atoms with van der Waals surface area (Å²) in [5.41, 5.74) is 3.04. The third-order valence-electron chi connectivity index (χ3n) is 4.94. The van der Waals surface area contributed by atoms with Crippen LogP contribution in [0.15, 0.2) is 48.7 Å². The first kappa shape index (κ1) is 17.3. The Labute approximate surface area is 157 Å².